The Labute approximate surface area is 172 Å². The molecule has 6 heteroatoms. The quantitative estimate of drug-likeness (QED) is 0.675. The van der Waals surface area contributed by atoms with Crippen LogP contribution in [0.25, 0.3) is 4.85 Å². The summed E-state index contributed by atoms with van der Waals surface area (Å²) in [5, 5.41) is 0.322. The molecule has 1 aliphatic carbocycles. The Morgan fingerprint density at radius 1 is 1.32 bits per heavy atom. The molecular weight excluding hydrogens is 374 g/mol. The first-order chi connectivity index (χ1) is 13.9. The Hall–Kier alpha value is -2.58. The fourth-order valence-electron chi connectivity index (χ4n) is 5.02. The molecule has 0 N–H and O–H groups in total. The molecule has 1 aliphatic heterocycles. The molecule has 28 heavy (non-hydrogen) atoms. The summed E-state index contributed by atoms with van der Waals surface area (Å²) in [4.78, 5) is 21.9. The monoisotopic (exact) mass is 397 g/mol. The third-order valence-corrected chi connectivity index (χ3v) is 6.13. The number of fused-ring (bicyclic) bond motifs is 1. The summed E-state index contributed by atoms with van der Waals surface area (Å²) in [7, 11) is 0. The molecule has 0 bridgehead atoms. The molecule has 2 aromatic rings. The third kappa shape index (κ3) is 2.59. The first-order valence-corrected chi connectivity index (χ1v) is 9.43. The van der Waals surface area contributed by atoms with Gasteiger partial charge in [0.25, 0.3) is 5.91 Å². The van der Waals surface area contributed by atoms with Gasteiger partial charge in [0.15, 0.2) is 0 Å². The first kappa shape index (κ1) is 16.4. The summed E-state index contributed by atoms with van der Waals surface area (Å²) < 4.78 is 23.7. The van der Waals surface area contributed by atoms with Crippen LogP contribution >= 0.6 is 11.6 Å². The second kappa shape index (κ2) is 6.22. The number of rotatable bonds is 3. The number of benzene rings is 1. The molecule has 2 heterocycles. The molecular formula is C22H22ClN3O2. The number of hydrogen-bond donors (Lipinski definition) is 0. The summed E-state index contributed by atoms with van der Waals surface area (Å²) >= 11 is 6.15. The molecule has 1 amide bonds. The number of nitrogens with zero attached hydrogens (tertiary/aromatic N) is 3. The highest BCUT2D eigenvalue weighted by Gasteiger charge is 2.66. The Bertz CT molecular complexity index is 1080. The van der Waals surface area contributed by atoms with Crippen molar-refractivity contribution < 1.29 is 12.3 Å². The molecule has 1 aromatic heterocycles. The van der Waals surface area contributed by atoms with Gasteiger partial charge in [0, 0.05) is 35.8 Å². The molecule has 1 aromatic carbocycles. The van der Waals surface area contributed by atoms with Crippen molar-refractivity contribution in [1.29, 1.82) is 0 Å². The average molecular weight is 398 g/mol. The summed E-state index contributed by atoms with van der Waals surface area (Å²) in [6.45, 7) is 13.1. The number of carbonyl (C=O) groups excluding carboxylic acids is 1. The minimum atomic E-state index is -1.93. The van der Waals surface area contributed by atoms with Gasteiger partial charge in [0.2, 0.25) is 5.69 Å². The smallest absolute Gasteiger partial charge is 0.256 e. The number of halogens is 1. The van der Waals surface area contributed by atoms with Crippen molar-refractivity contribution in [3.05, 3.63) is 64.2 Å². The highest BCUT2D eigenvalue weighted by Crippen LogP contribution is 2.59. The van der Waals surface area contributed by atoms with Crippen LogP contribution in [-0.4, -0.2) is 27.9 Å². The Balaban J connectivity index is 1.67. The molecule has 0 radical (unpaired) electrons. The van der Waals surface area contributed by atoms with Gasteiger partial charge in [-0.1, -0.05) is 45.4 Å². The Morgan fingerprint density at radius 2 is 2.04 bits per heavy atom. The zero-order valence-electron chi connectivity index (χ0n) is 18.2. The molecule has 2 aliphatic rings. The lowest BCUT2D eigenvalue weighted by atomic mass is 9.49. The predicted molar refractivity (Wildman–Crippen MR) is 108 cm³/mol. The summed E-state index contributed by atoms with van der Waals surface area (Å²) in [6.07, 6.45) is 2.64. The first-order valence-electron chi connectivity index (χ1n) is 10.1. The van der Waals surface area contributed by atoms with E-state index in [1.807, 2.05) is 27.7 Å². The van der Waals surface area contributed by atoms with E-state index in [1.165, 1.54) is 17.3 Å². The van der Waals surface area contributed by atoms with Crippen LogP contribution in [0.2, 0.25) is 5.02 Å². The lowest BCUT2D eigenvalue weighted by Gasteiger charge is -2.65. The highest BCUT2D eigenvalue weighted by atomic mass is 35.5. The Kier molecular flexibility index (Phi) is 3.64. The summed E-state index contributed by atoms with van der Waals surface area (Å²) in [5.74, 6) is 0.192. The minimum absolute atomic E-state index is 0.296. The van der Waals surface area contributed by atoms with Crippen molar-refractivity contribution in [3.63, 3.8) is 0 Å². The van der Waals surface area contributed by atoms with Crippen LogP contribution in [0.15, 0.2) is 36.7 Å². The molecule has 0 unspecified atom stereocenters. The van der Waals surface area contributed by atoms with Gasteiger partial charge in [0.05, 0.1) is 19.9 Å². The lowest BCUT2D eigenvalue weighted by molar-refractivity contribution is -0.199. The lowest BCUT2D eigenvalue weighted by Crippen LogP contribution is -2.74. The van der Waals surface area contributed by atoms with E-state index < -0.39 is 23.4 Å². The van der Waals surface area contributed by atoms with Gasteiger partial charge in [-0.15, -0.1) is 0 Å². The van der Waals surface area contributed by atoms with Crippen LogP contribution in [0.3, 0.4) is 0 Å². The third-order valence-electron chi connectivity index (χ3n) is 5.82. The zero-order valence-corrected chi connectivity index (χ0v) is 16.9. The largest absolute Gasteiger partial charge is 0.489 e. The minimum Gasteiger partial charge on any atom is -0.489 e. The van der Waals surface area contributed by atoms with Crippen molar-refractivity contribution in [1.82, 2.24) is 9.88 Å². The highest BCUT2D eigenvalue weighted by molar-refractivity contribution is 6.33. The van der Waals surface area contributed by atoms with Gasteiger partial charge in [-0.25, -0.2) is 4.85 Å². The molecule has 0 atom stereocenters. The standard InChI is InChI=1S/C22H22ClN3O2/c1-21(2)19(26-12-13-8-9-25-11-15(13)18(26)27)22(3,4)20(21)28-14-6-7-17(24-5)16(23)10-14/h6-11,19-20H,12H2,1-4H3/i12D2. The SMILES string of the molecule is [2H]C1([2H])c2ccncc2C(=O)N1C1C(C)(C)C(Oc2ccc([N+]#[C-])c(Cl)c2)C1(C)C. The van der Waals surface area contributed by atoms with Crippen LogP contribution in [-0.2, 0) is 6.50 Å². The van der Waals surface area contributed by atoms with E-state index in [2.05, 4.69) is 9.83 Å². The number of aromatic nitrogens is 1. The maximum absolute atomic E-state index is 13.2. The second-order valence-corrected chi connectivity index (χ2v) is 8.88. The van der Waals surface area contributed by atoms with Gasteiger partial charge in [-0.3, -0.25) is 9.78 Å². The van der Waals surface area contributed by atoms with E-state index in [-0.39, 0.29) is 12.0 Å². The molecule has 0 saturated heterocycles. The maximum atomic E-state index is 13.2. The summed E-state index contributed by atoms with van der Waals surface area (Å²) in [5.41, 5.74) is -0.0592. The van der Waals surface area contributed by atoms with E-state index in [0.29, 0.717) is 27.6 Å². The Morgan fingerprint density at radius 3 is 2.64 bits per heavy atom. The molecule has 0 spiro atoms. The molecule has 5 nitrogen and oxygen atoms in total. The van der Waals surface area contributed by atoms with Gasteiger partial charge in [0.1, 0.15) is 11.9 Å². The van der Waals surface area contributed by atoms with Crippen molar-refractivity contribution in [2.24, 2.45) is 10.8 Å². The predicted octanol–water partition coefficient (Wildman–Crippen LogP) is 5.12. The van der Waals surface area contributed by atoms with Gasteiger partial charge in [-0.2, -0.15) is 0 Å². The maximum Gasteiger partial charge on any atom is 0.256 e. The average Bonchev–Trinajstić information content (AvgIpc) is 2.87. The van der Waals surface area contributed by atoms with Crippen molar-refractivity contribution in [2.45, 2.75) is 46.3 Å². The van der Waals surface area contributed by atoms with E-state index in [9.17, 15) is 4.79 Å². The van der Waals surface area contributed by atoms with Crippen LogP contribution in [0.5, 0.6) is 5.75 Å². The summed E-state index contributed by atoms with van der Waals surface area (Å²) in [6, 6.07) is 6.12. The second-order valence-electron chi connectivity index (χ2n) is 8.48. The number of carbonyl (C=O) groups is 1. The number of pyridine rings is 1. The van der Waals surface area contributed by atoms with Crippen LogP contribution in [0.1, 0.15) is 46.4 Å². The van der Waals surface area contributed by atoms with Gasteiger partial charge < -0.3 is 9.64 Å². The van der Waals surface area contributed by atoms with Crippen molar-refractivity contribution in [3.8, 4) is 5.75 Å². The molecule has 4 rings (SSSR count). The molecule has 1 fully saturated rings. The molecule has 144 valence electrons. The van der Waals surface area contributed by atoms with E-state index >= 15 is 0 Å². The zero-order chi connectivity index (χ0) is 22.1. The van der Waals surface area contributed by atoms with E-state index in [1.54, 1.807) is 24.3 Å². The van der Waals surface area contributed by atoms with E-state index in [0.717, 1.165) is 0 Å². The number of amides is 1. The fourth-order valence-corrected chi connectivity index (χ4v) is 5.23. The van der Waals surface area contributed by atoms with Crippen molar-refractivity contribution in [2.75, 3.05) is 0 Å². The number of ether oxygens (including phenoxy) is 1. The fraction of sp³-hybridized carbons (Fsp3) is 0.409. The normalized spacial score (nSPS) is 27.1. The van der Waals surface area contributed by atoms with Crippen LogP contribution < -0.4 is 4.74 Å². The number of hydrogen-bond acceptors (Lipinski definition) is 3. The van der Waals surface area contributed by atoms with E-state index in [4.69, 9.17) is 25.7 Å². The topological polar surface area (TPSA) is 46.8 Å². The van der Waals surface area contributed by atoms with Gasteiger partial charge in [-0.05, 0) is 23.8 Å². The van der Waals surface area contributed by atoms with Crippen LogP contribution in [0.4, 0.5) is 5.69 Å². The van der Waals surface area contributed by atoms with Crippen molar-refractivity contribution >= 4 is 23.2 Å². The van der Waals surface area contributed by atoms with Gasteiger partial charge >= 0.3 is 0 Å². The van der Waals surface area contributed by atoms with Crippen LogP contribution in [0, 0.1) is 17.4 Å². The molecule has 1 saturated carbocycles.